The molecule has 0 unspecified atom stereocenters. The molecular weight excluding hydrogens is 250 g/mol. The van der Waals surface area contributed by atoms with Gasteiger partial charge in [0.05, 0.1) is 17.6 Å². The Bertz CT molecular complexity index is 438. The molecule has 0 aliphatic heterocycles. The third kappa shape index (κ3) is 4.32. The molecule has 0 aliphatic carbocycles. The molecule has 0 saturated heterocycles. The molecular formula is C11H19N5O3. The predicted molar refractivity (Wildman–Crippen MR) is 72.6 cm³/mol. The summed E-state index contributed by atoms with van der Waals surface area (Å²) in [6.07, 6.45) is 1.33. The molecule has 0 radical (unpaired) electrons. The molecule has 1 heterocycles. The number of likely N-dealkylation sites (N-methyl/N-ethyl adjacent to an activating group) is 1. The Morgan fingerprint density at radius 2 is 2.26 bits per heavy atom. The number of nitrogens with one attached hydrogen (secondary N) is 1. The summed E-state index contributed by atoms with van der Waals surface area (Å²) in [5.74, 6) is 0.619. The van der Waals surface area contributed by atoms with Crippen LogP contribution in [0.25, 0.3) is 0 Å². The normalized spacial score (nSPS) is 10.6. The van der Waals surface area contributed by atoms with Gasteiger partial charge >= 0.3 is 5.69 Å². The Labute approximate surface area is 112 Å². The van der Waals surface area contributed by atoms with E-state index >= 15 is 0 Å². The van der Waals surface area contributed by atoms with Gasteiger partial charge in [0.15, 0.2) is 0 Å². The van der Waals surface area contributed by atoms with Gasteiger partial charge in [-0.2, -0.15) is 4.98 Å². The lowest BCUT2D eigenvalue weighted by atomic mass is 10.4. The van der Waals surface area contributed by atoms with E-state index in [0.717, 1.165) is 0 Å². The van der Waals surface area contributed by atoms with E-state index in [9.17, 15) is 10.1 Å². The van der Waals surface area contributed by atoms with Gasteiger partial charge in [0.1, 0.15) is 6.20 Å². The van der Waals surface area contributed by atoms with Gasteiger partial charge in [0.2, 0.25) is 11.8 Å². The van der Waals surface area contributed by atoms with Crippen LogP contribution < -0.4 is 10.2 Å². The van der Waals surface area contributed by atoms with Gasteiger partial charge in [-0.25, -0.2) is 4.98 Å². The summed E-state index contributed by atoms with van der Waals surface area (Å²) in [7, 11) is 3.39. The van der Waals surface area contributed by atoms with Gasteiger partial charge in [0.25, 0.3) is 0 Å². The standard InChI is InChI=1S/C11H19N5O3/c1-8(2)19-6-5-15(4)10-9(16(17)18)7-13-11(12-3)14-10/h7-8H,5-6H2,1-4H3,(H,12,13,14). The second-order valence-corrected chi connectivity index (χ2v) is 4.25. The lowest BCUT2D eigenvalue weighted by molar-refractivity contribution is -0.384. The fourth-order valence-electron chi connectivity index (χ4n) is 1.43. The number of hydrogen-bond donors (Lipinski definition) is 1. The second-order valence-electron chi connectivity index (χ2n) is 4.25. The molecule has 1 aromatic rings. The number of aromatic nitrogens is 2. The predicted octanol–water partition coefficient (Wildman–Crippen LogP) is 1.29. The van der Waals surface area contributed by atoms with E-state index in [0.29, 0.717) is 19.1 Å². The van der Waals surface area contributed by atoms with E-state index in [1.54, 1.807) is 19.0 Å². The molecule has 0 atom stereocenters. The monoisotopic (exact) mass is 269 g/mol. The summed E-state index contributed by atoms with van der Waals surface area (Å²) in [4.78, 5) is 20.1. The van der Waals surface area contributed by atoms with Crippen LogP contribution in [0.5, 0.6) is 0 Å². The maximum absolute atomic E-state index is 11.0. The van der Waals surface area contributed by atoms with Crippen molar-refractivity contribution >= 4 is 17.5 Å². The van der Waals surface area contributed by atoms with Crippen LogP contribution in [-0.4, -0.2) is 48.2 Å². The topological polar surface area (TPSA) is 93.4 Å². The average Bonchev–Trinajstić information content (AvgIpc) is 2.37. The number of nitro groups is 1. The summed E-state index contributed by atoms with van der Waals surface area (Å²) in [6.45, 7) is 4.86. The highest BCUT2D eigenvalue weighted by Gasteiger charge is 2.20. The highest BCUT2D eigenvalue weighted by molar-refractivity contribution is 5.58. The van der Waals surface area contributed by atoms with Crippen LogP contribution in [0.4, 0.5) is 17.5 Å². The molecule has 8 heteroatoms. The molecule has 1 N–H and O–H groups in total. The van der Waals surface area contributed by atoms with Gasteiger partial charge in [-0.1, -0.05) is 0 Å². The fourth-order valence-corrected chi connectivity index (χ4v) is 1.43. The Balaban J connectivity index is 2.86. The van der Waals surface area contributed by atoms with E-state index < -0.39 is 4.92 Å². The van der Waals surface area contributed by atoms with Crippen molar-refractivity contribution in [2.45, 2.75) is 20.0 Å². The van der Waals surface area contributed by atoms with Crippen molar-refractivity contribution in [1.29, 1.82) is 0 Å². The first kappa shape index (κ1) is 15.1. The largest absolute Gasteiger partial charge is 0.377 e. The molecule has 0 amide bonds. The Kier molecular flexibility index (Phi) is 5.43. The maximum Gasteiger partial charge on any atom is 0.329 e. The van der Waals surface area contributed by atoms with Gasteiger partial charge in [0, 0.05) is 20.6 Å². The molecule has 1 aromatic heterocycles. The van der Waals surface area contributed by atoms with Crippen molar-refractivity contribution in [3.8, 4) is 0 Å². The highest BCUT2D eigenvalue weighted by Crippen LogP contribution is 2.24. The molecule has 1 rings (SSSR count). The van der Waals surface area contributed by atoms with Crippen molar-refractivity contribution in [2.75, 3.05) is 37.5 Å². The van der Waals surface area contributed by atoms with Crippen LogP contribution >= 0.6 is 0 Å². The van der Waals surface area contributed by atoms with E-state index in [2.05, 4.69) is 15.3 Å². The molecule has 8 nitrogen and oxygen atoms in total. The van der Waals surface area contributed by atoms with Crippen molar-refractivity contribution in [3.05, 3.63) is 16.3 Å². The first-order chi connectivity index (χ1) is 8.95. The molecule has 0 fully saturated rings. The summed E-state index contributed by atoms with van der Waals surface area (Å²) in [6, 6.07) is 0. The van der Waals surface area contributed by atoms with E-state index in [1.807, 2.05) is 13.8 Å². The number of hydrogen-bond acceptors (Lipinski definition) is 7. The van der Waals surface area contributed by atoms with Crippen LogP contribution in [0, 0.1) is 10.1 Å². The number of rotatable bonds is 7. The number of ether oxygens (including phenoxy) is 1. The minimum Gasteiger partial charge on any atom is -0.377 e. The smallest absolute Gasteiger partial charge is 0.329 e. The zero-order valence-electron chi connectivity index (χ0n) is 11.6. The van der Waals surface area contributed by atoms with Crippen molar-refractivity contribution < 1.29 is 9.66 Å². The molecule has 19 heavy (non-hydrogen) atoms. The summed E-state index contributed by atoms with van der Waals surface area (Å²) >= 11 is 0. The van der Waals surface area contributed by atoms with E-state index in [1.165, 1.54) is 6.20 Å². The highest BCUT2D eigenvalue weighted by atomic mass is 16.6. The van der Waals surface area contributed by atoms with Gasteiger partial charge < -0.3 is 15.0 Å². The van der Waals surface area contributed by atoms with Crippen molar-refractivity contribution in [1.82, 2.24) is 9.97 Å². The first-order valence-corrected chi connectivity index (χ1v) is 5.97. The van der Waals surface area contributed by atoms with Crippen LogP contribution in [0.3, 0.4) is 0 Å². The van der Waals surface area contributed by atoms with Crippen molar-refractivity contribution in [2.24, 2.45) is 0 Å². The summed E-state index contributed by atoms with van der Waals surface area (Å²) < 4.78 is 5.42. The SMILES string of the molecule is CNc1ncc([N+](=O)[O-])c(N(C)CCOC(C)C)n1. The lowest BCUT2D eigenvalue weighted by Gasteiger charge is -2.19. The fraction of sp³-hybridized carbons (Fsp3) is 0.636. The average molecular weight is 269 g/mol. The third-order valence-electron chi connectivity index (χ3n) is 2.41. The maximum atomic E-state index is 11.0. The minimum atomic E-state index is -0.491. The summed E-state index contributed by atoms with van der Waals surface area (Å²) in [5.41, 5.74) is -0.119. The lowest BCUT2D eigenvalue weighted by Crippen LogP contribution is -2.26. The molecule has 0 spiro atoms. The van der Waals surface area contributed by atoms with Crippen molar-refractivity contribution in [3.63, 3.8) is 0 Å². The molecule has 0 saturated carbocycles. The molecule has 106 valence electrons. The summed E-state index contributed by atoms with van der Waals surface area (Å²) in [5, 5.41) is 13.7. The molecule has 0 bridgehead atoms. The third-order valence-corrected chi connectivity index (χ3v) is 2.41. The Hall–Kier alpha value is -1.96. The Morgan fingerprint density at radius 3 is 2.79 bits per heavy atom. The van der Waals surface area contributed by atoms with Crippen LogP contribution in [0.2, 0.25) is 0 Å². The quantitative estimate of drug-likeness (QED) is 0.588. The Morgan fingerprint density at radius 1 is 1.58 bits per heavy atom. The zero-order chi connectivity index (χ0) is 14.4. The second kappa shape index (κ2) is 6.83. The van der Waals surface area contributed by atoms with Gasteiger partial charge in [-0.15, -0.1) is 0 Å². The van der Waals surface area contributed by atoms with Crippen LogP contribution in [-0.2, 0) is 4.74 Å². The van der Waals surface area contributed by atoms with E-state index in [-0.39, 0.29) is 17.6 Å². The minimum absolute atomic E-state index is 0.119. The van der Waals surface area contributed by atoms with E-state index in [4.69, 9.17) is 4.74 Å². The van der Waals surface area contributed by atoms with Gasteiger partial charge in [-0.3, -0.25) is 10.1 Å². The number of anilines is 2. The van der Waals surface area contributed by atoms with Gasteiger partial charge in [-0.05, 0) is 13.8 Å². The number of nitrogens with zero attached hydrogens (tertiary/aromatic N) is 4. The van der Waals surface area contributed by atoms with Crippen LogP contribution in [0.15, 0.2) is 6.20 Å². The van der Waals surface area contributed by atoms with Crippen LogP contribution in [0.1, 0.15) is 13.8 Å². The molecule has 0 aliphatic rings. The first-order valence-electron chi connectivity index (χ1n) is 5.97. The molecule has 0 aromatic carbocycles. The zero-order valence-corrected chi connectivity index (χ0v) is 11.6.